The number of amides is 2. The molecule has 1 unspecified atom stereocenters. The molecule has 2 aliphatic heterocycles. The Morgan fingerprint density at radius 3 is 2.11 bits per heavy atom. The van der Waals surface area contributed by atoms with E-state index in [0.717, 1.165) is 17.6 Å². The maximum Gasteiger partial charge on any atom is 0.341 e. The molecule has 5 rings (SSSR count). The SMILES string of the molecule is COC(=O)C1=C(O)C(=O)N(c2ccc(C)cc2)C12C(=O)N(c1ccc(OC)cc1)C1=C2C(=O)CC(C)(C)C1. The molecule has 2 amide bonds. The molecule has 1 aliphatic carbocycles. The fourth-order valence-corrected chi connectivity index (χ4v) is 5.72. The summed E-state index contributed by atoms with van der Waals surface area (Å²) >= 11 is 0. The summed E-state index contributed by atoms with van der Waals surface area (Å²) in [4.78, 5) is 58.0. The molecule has 0 saturated carbocycles. The highest BCUT2D eigenvalue weighted by atomic mass is 16.5. The normalized spacial score (nSPS) is 22.5. The lowest BCUT2D eigenvalue weighted by Gasteiger charge is -2.38. The Bertz CT molecular complexity index is 1450. The molecule has 38 heavy (non-hydrogen) atoms. The number of aliphatic hydroxyl groups is 1. The molecule has 196 valence electrons. The molecule has 2 aromatic rings. The van der Waals surface area contributed by atoms with E-state index in [1.165, 1.54) is 12.0 Å². The summed E-state index contributed by atoms with van der Waals surface area (Å²) < 4.78 is 10.2. The third kappa shape index (κ3) is 3.38. The summed E-state index contributed by atoms with van der Waals surface area (Å²) in [5.41, 5.74) is -1.34. The molecule has 9 nitrogen and oxygen atoms in total. The number of methoxy groups -OCH3 is 2. The number of aliphatic hydroxyl groups excluding tert-OH is 1. The summed E-state index contributed by atoms with van der Waals surface area (Å²) in [6.07, 6.45) is 0.404. The Morgan fingerprint density at radius 2 is 1.53 bits per heavy atom. The fraction of sp³-hybridized carbons (Fsp3) is 0.310. The Balaban J connectivity index is 1.86. The van der Waals surface area contributed by atoms with Crippen LogP contribution in [-0.4, -0.2) is 48.4 Å². The minimum absolute atomic E-state index is 0.00369. The number of aryl methyl sites for hydroxylation is 1. The van der Waals surface area contributed by atoms with Crippen LogP contribution in [0.3, 0.4) is 0 Å². The molecular formula is C29H28N2O7. The van der Waals surface area contributed by atoms with Crippen LogP contribution in [0.25, 0.3) is 0 Å². The molecule has 0 bridgehead atoms. The Hall–Kier alpha value is -4.40. The van der Waals surface area contributed by atoms with Crippen LogP contribution in [0.4, 0.5) is 11.4 Å². The zero-order valence-corrected chi connectivity index (χ0v) is 21.8. The number of fused-ring (bicyclic) bond motifs is 1. The van der Waals surface area contributed by atoms with Gasteiger partial charge in [0, 0.05) is 23.5 Å². The van der Waals surface area contributed by atoms with E-state index >= 15 is 0 Å². The van der Waals surface area contributed by atoms with Gasteiger partial charge in [-0.1, -0.05) is 31.5 Å². The summed E-state index contributed by atoms with van der Waals surface area (Å²) in [5, 5.41) is 11.1. The largest absolute Gasteiger partial charge is 0.503 e. The number of ether oxygens (including phenoxy) is 2. The molecule has 1 atom stereocenters. The number of hydrogen-bond donors (Lipinski definition) is 1. The average Bonchev–Trinajstić information content (AvgIpc) is 3.25. The zero-order valence-electron chi connectivity index (χ0n) is 21.8. The first-order valence-electron chi connectivity index (χ1n) is 12.2. The summed E-state index contributed by atoms with van der Waals surface area (Å²) in [5.74, 6) is -3.51. The molecular weight excluding hydrogens is 488 g/mol. The molecule has 2 heterocycles. The molecule has 0 radical (unpaired) electrons. The number of nitrogens with zero attached hydrogens (tertiary/aromatic N) is 2. The standard InChI is InChI=1S/C29H28N2O7/c1-16-6-8-18(9-7-16)31-25(34)24(33)23(26(35)38-5)29(31)22-20(14-28(2,3)15-21(22)32)30(27(29)36)17-10-12-19(37-4)13-11-17/h6-13,33H,14-15H2,1-5H3. The number of hydrogen-bond acceptors (Lipinski definition) is 7. The number of carbonyl (C=O) groups is 4. The highest BCUT2D eigenvalue weighted by Gasteiger charge is 2.70. The van der Waals surface area contributed by atoms with Crippen LogP contribution in [0.1, 0.15) is 32.3 Å². The molecule has 1 N–H and O–H groups in total. The third-order valence-corrected chi connectivity index (χ3v) is 7.35. The Kier molecular flexibility index (Phi) is 5.70. The number of ketones is 1. The highest BCUT2D eigenvalue weighted by Crippen LogP contribution is 2.56. The second-order valence-electron chi connectivity index (χ2n) is 10.5. The van der Waals surface area contributed by atoms with Crippen LogP contribution in [-0.2, 0) is 23.9 Å². The second kappa shape index (κ2) is 8.58. The van der Waals surface area contributed by atoms with Crippen LogP contribution in [0, 0.1) is 12.3 Å². The van der Waals surface area contributed by atoms with Gasteiger partial charge in [0.05, 0.1) is 19.8 Å². The van der Waals surface area contributed by atoms with Crippen molar-refractivity contribution in [3.63, 3.8) is 0 Å². The number of Topliss-reactive ketones (excluding diaryl/α,β-unsaturated/α-hetero) is 1. The zero-order chi connectivity index (χ0) is 27.6. The van der Waals surface area contributed by atoms with E-state index in [4.69, 9.17) is 9.47 Å². The first kappa shape index (κ1) is 25.3. The first-order chi connectivity index (χ1) is 18.0. The van der Waals surface area contributed by atoms with E-state index in [1.807, 2.05) is 20.8 Å². The van der Waals surface area contributed by atoms with Gasteiger partial charge in [-0.3, -0.25) is 24.2 Å². The molecule has 0 aromatic heterocycles. The van der Waals surface area contributed by atoms with Gasteiger partial charge in [0.1, 0.15) is 11.3 Å². The van der Waals surface area contributed by atoms with Crippen molar-refractivity contribution >= 4 is 34.9 Å². The van der Waals surface area contributed by atoms with E-state index in [1.54, 1.807) is 48.5 Å². The number of allylic oxidation sites excluding steroid dienone is 1. The van der Waals surface area contributed by atoms with Crippen molar-refractivity contribution in [2.24, 2.45) is 5.41 Å². The van der Waals surface area contributed by atoms with Gasteiger partial charge in [-0.15, -0.1) is 0 Å². The second-order valence-corrected chi connectivity index (χ2v) is 10.5. The van der Waals surface area contributed by atoms with Crippen molar-refractivity contribution < 1.29 is 33.8 Å². The van der Waals surface area contributed by atoms with Crippen molar-refractivity contribution in [1.29, 1.82) is 0 Å². The summed E-state index contributed by atoms with van der Waals surface area (Å²) in [7, 11) is 2.62. The van der Waals surface area contributed by atoms with Crippen molar-refractivity contribution in [3.05, 3.63) is 76.7 Å². The van der Waals surface area contributed by atoms with Gasteiger partial charge in [-0.05, 0) is 55.2 Å². The highest BCUT2D eigenvalue weighted by molar-refractivity contribution is 6.33. The van der Waals surface area contributed by atoms with E-state index in [9.17, 15) is 24.3 Å². The molecule has 1 spiro atoms. The summed E-state index contributed by atoms with van der Waals surface area (Å²) in [6, 6.07) is 13.4. The Morgan fingerprint density at radius 1 is 0.921 bits per heavy atom. The molecule has 2 aromatic carbocycles. The van der Waals surface area contributed by atoms with Crippen LogP contribution >= 0.6 is 0 Å². The topological polar surface area (TPSA) is 113 Å². The number of benzene rings is 2. The minimum Gasteiger partial charge on any atom is -0.503 e. The maximum atomic E-state index is 14.7. The molecule has 3 aliphatic rings. The van der Waals surface area contributed by atoms with Gasteiger partial charge >= 0.3 is 5.97 Å². The van der Waals surface area contributed by atoms with Crippen molar-refractivity contribution in [2.45, 2.75) is 39.2 Å². The third-order valence-electron chi connectivity index (χ3n) is 7.35. The minimum atomic E-state index is -2.23. The fourth-order valence-electron chi connectivity index (χ4n) is 5.72. The van der Waals surface area contributed by atoms with Gasteiger partial charge in [0.25, 0.3) is 11.8 Å². The lowest BCUT2D eigenvalue weighted by atomic mass is 9.70. The van der Waals surface area contributed by atoms with Crippen LogP contribution < -0.4 is 14.5 Å². The van der Waals surface area contributed by atoms with Crippen molar-refractivity contribution in [1.82, 2.24) is 0 Å². The van der Waals surface area contributed by atoms with E-state index in [-0.39, 0.29) is 23.5 Å². The lowest BCUT2D eigenvalue weighted by molar-refractivity contribution is -0.138. The monoisotopic (exact) mass is 516 g/mol. The first-order valence-corrected chi connectivity index (χ1v) is 12.2. The number of carbonyl (C=O) groups excluding carboxylic acids is 4. The average molecular weight is 517 g/mol. The lowest BCUT2D eigenvalue weighted by Crippen LogP contribution is -2.59. The van der Waals surface area contributed by atoms with Gasteiger partial charge in [0.2, 0.25) is 0 Å². The van der Waals surface area contributed by atoms with Gasteiger partial charge in [-0.25, -0.2) is 4.79 Å². The molecule has 0 fully saturated rings. The smallest absolute Gasteiger partial charge is 0.341 e. The van der Waals surface area contributed by atoms with E-state index in [2.05, 4.69) is 0 Å². The van der Waals surface area contributed by atoms with Gasteiger partial charge < -0.3 is 14.6 Å². The maximum absolute atomic E-state index is 14.7. The number of esters is 1. The van der Waals surface area contributed by atoms with E-state index < -0.39 is 40.1 Å². The van der Waals surface area contributed by atoms with Crippen molar-refractivity contribution in [2.75, 3.05) is 24.0 Å². The number of anilines is 2. The Labute approximate surface area is 219 Å². The summed E-state index contributed by atoms with van der Waals surface area (Å²) in [6.45, 7) is 5.70. The predicted molar refractivity (Wildman–Crippen MR) is 139 cm³/mol. The van der Waals surface area contributed by atoms with Crippen LogP contribution in [0.5, 0.6) is 5.75 Å². The molecule has 9 heteroatoms. The van der Waals surface area contributed by atoms with E-state index in [0.29, 0.717) is 23.6 Å². The predicted octanol–water partition coefficient (Wildman–Crippen LogP) is 3.76. The van der Waals surface area contributed by atoms with Gasteiger partial charge in [0.15, 0.2) is 17.1 Å². The van der Waals surface area contributed by atoms with Crippen LogP contribution in [0.2, 0.25) is 0 Å². The van der Waals surface area contributed by atoms with Gasteiger partial charge in [-0.2, -0.15) is 0 Å². The number of rotatable bonds is 4. The molecule has 0 saturated heterocycles. The quantitative estimate of drug-likeness (QED) is 0.616. The van der Waals surface area contributed by atoms with Crippen LogP contribution in [0.15, 0.2) is 71.1 Å². The van der Waals surface area contributed by atoms with Crippen molar-refractivity contribution in [3.8, 4) is 5.75 Å².